The molecule has 0 unspecified atom stereocenters. The number of carbonyl (C=O) groups excluding carboxylic acids is 1. The van der Waals surface area contributed by atoms with Crippen molar-refractivity contribution < 1.29 is 19.4 Å². The minimum atomic E-state index is -0.756. The van der Waals surface area contributed by atoms with Crippen LogP contribution in [0, 0.1) is 20.2 Å². The number of carbonyl (C=O) groups is 1. The zero-order valence-electron chi connectivity index (χ0n) is 18.8. The average Bonchev–Trinajstić information content (AvgIpc) is 3.23. The lowest BCUT2D eigenvalue weighted by Gasteiger charge is -2.24. The van der Waals surface area contributed by atoms with Crippen LogP contribution in [0.3, 0.4) is 0 Å². The molecule has 1 amide bonds. The van der Waals surface area contributed by atoms with E-state index in [1.807, 2.05) is 19.9 Å². The molecule has 0 bridgehead atoms. The van der Waals surface area contributed by atoms with Crippen molar-refractivity contribution in [1.29, 1.82) is 0 Å². The van der Waals surface area contributed by atoms with Crippen LogP contribution in [-0.4, -0.2) is 58.9 Å². The molecule has 0 radical (unpaired) electrons. The molecule has 13 heteroatoms. The van der Waals surface area contributed by atoms with E-state index in [2.05, 4.69) is 9.88 Å². The van der Waals surface area contributed by atoms with Crippen LogP contribution >= 0.6 is 23.7 Å². The highest BCUT2D eigenvalue weighted by molar-refractivity contribution is 7.22. The van der Waals surface area contributed by atoms with Gasteiger partial charge in [-0.2, -0.15) is 0 Å². The van der Waals surface area contributed by atoms with Gasteiger partial charge >= 0.3 is 0 Å². The Bertz CT molecular complexity index is 1170. The summed E-state index contributed by atoms with van der Waals surface area (Å²) in [6.45, 7) is 6.35. The Labute approximate surface area is 205 Å². The van der Waals surface area contributed by atoms with Crippen molar-refractivity contribution in [1.82, 2.24) is 9.88 Å². The molecule has 0 saturated heterocycles. The van der Waals surface area contributed by atoms with Crippen molar-refractivity contribution in [2.75, 3.05) is 38.2 Å². The highest BCUT2D eigenvalue weighted by Crippen LogP contribution is 2.33. The topological polar surface area (TPSA) is 132 Å². The first-order chi connectivity index (χ1) is 15.8. The summed E-state index contributed by atoms with van der Waals surface area (Å²) >= 11 is 1.27. The number of anilines is 1. The number of halogens is 1. The summed E-state index contributed by atoms with van der Waals surface area (Å²) in [5, 5.41) is 23.0. The number of fused-ring (bicyclic) bond motifs is 1. The molecule has 1 aromatic heterocycles. The highest BCUT2D eigenvalue weighted by atomic mass is 35.5. The number of thiazole rings is 1. The Morgan fingerprint density at radius 1 is 1.03 bits per heavy atom. The summed E-state index contributed by atoms with van der Waals surface area (Å²) in [4.78, 5) is 42.7. The second-order valence-corrected chi connectivity index (χ2v) is 8.08. The lowest BCUT2D eigenvalue weighted by atomic mass is 10.1. The molecule has 0 N–H and O–H groups in total. The predicted molar refractivity (Wildman–Crippen MR) is 133 cm³/mol. The fourth-order valence-electron chi connectivity index (χ4n) is 3.29. The first-order valence-corrected chi connectivity index (χ1v) is 11.0. The number of likely N-dealkylation sites (N-methyl/N-ethyl adjacent to an activating group) is 1. The molecule has 3 aromatic rings. The Morgan fingerprint density at radius 2 is 1.65 bits per heavy atom. The quantitative estimate of drug-likeness (QED) is 0.287. The Balaban J connectivity index is 0.00000408. The summed E-state index contributed by atoms with van der Waals surface area (Å²) in [5.41, 5.74) is -0.524. The fourth-order valence-corrected chi connectivity index (χ4v) is 4.30. The number of benzene rings is 2. The van der Waals surface area contributed by atoms with Crippen LogP contribution in [-0.2, 0) is 0 Å². The molecule has 2 aromatic carbocycles. The largest absolute Gasteiger partial charge is 0.497 e. The number of nitro benzene ring substituents is 2. The number of aromatic nitrogens is 1. The van der Waals surface area contributed by atoms with E-state index in [4.69, 9.17) is 4.74 Å². The lowest BCUT2D eigenvalue weighted by Crippen LogP contribution is -2.38. The second-order valence-electron chi connectivity index (χ2n) is 7.07. The van der Waals surface area contributed by atoms with Gasteiger partial charge in [0, 0.05) is 25.2 Å². The smallest absolute Gasteiger partial charge is 0.277 e. The second kappa shape index (κ2) is 11.7. The third-order valence-corrected chi connectivity index (χ3v) is 6.21. The van der Waals surface area contributed by atoms with Crippen molar-refractivity contribution in [3.8, 4) is 5.75 Å². The number of hydrogen-bond donors (Lipinski definition) is 0. The van der Waals surface area contributed by atoms with Crippen LogP contribution in [0.2, 0.25) is 0 Å². The fraction of sp³-hybridized carbons (Fsp3) is 0.333. The van der Waals surface area contributed by atoms with Gasteiger partial charge in [0.1, 0.15) is 5.75 Å². The number of nitro groups is 2. The van der Waals surface area contributed by atoms with Crippen LogP contribution < -0.4 is 9.64 Å². The molecule has 34 heavy (non-hydrogen) atoms. The van der Waals surface area contributed by atoms with Crippen LogP contribution in [0.4, 0.5) is 16.5 Å². The van der Waals surface area contributed by atoms with E-state index < -0.39 is 27.1 Å². The average molecular weight is 510 g/mol. The van der Waals surface area contributed by atoms with Crippen molar-refractivity contribution >= 4 is 56.4 Å². The Hall–Kier alpha value is -3.35. The minimum Gasteiger partial charge on any atom is -0.497 e. The number of ether oxygens (including phenoxy) is 1. The van der Waals surface area contributed by atoms with Gasteiger partial charge in [0.15, 0.2) is 5.13 Å². The number of hydrogen-bond acceptors (Lipinski definition) is 9. The number of nitrogens with zero attached hydrogens (tertiary/aromatic N) is 5. The van der Waals surface area contributed by atoms with Crippen LogP contribution in [0.15, 0.2) is 36.4 Å². The maximum absolute atomic E-state index is 13.5. The van der Waals surface area contributed by atoms with Gasteiger partial charge in [-0.1, -0.05) is 25.2 Å². The number of rotatable bonds is 10. The van der Waals surface area contributed by atoms with Crippen molar-refractivity contribution in [3.05, 3.63) is 62.2 Å². The summed E-state index contributed by atoms with van der Waals surface area (Å²) in [6.07, 6.45) is 0. The van der Waals surface area contributed by atoms with Gasteiger partial charge in [-0.25, -0.2) is 4.98 Å². The van der Waals surface area contributed by atoms with E-state index in [1.54, 1.807) is 19.2 Å². The van der Waals surface area contributed by atoms with Crippen LogP contribution in [0.25, 0.3) is 10.2 Å². The molecule has 1 heterocycles. The molecular formula is C21H24ClN5O6S. The zero-order valence-corrected chi connectivity index (χ0v) is 20.4. The van der Waals surface area contributed by atoms with E-state index in [0.29, 0.717) is 22.9 Å². The highest BCUT2D eigenvalue weighted by Gasteiger charge is 2.26. The lowest BCUT2D eigenvalue weighted by molar-refractivity contribution is -0.394. The summed E-state index contributed by atoms with van der Waals surface area (Å²) in [5.74, 6) is 0.0491. The summed E-state index contributed by atoms with van der Waals surface area (Å²) < 4.78 is 6.05. The van der Waals surface area contributed by atoms with Crippen molar-refractivity contribution in [2.45, 2.75) is 13.8 Å². The molecule has 0 aliphatic carbocycles. The van der Waals surface area contributed by atoms with E-state index in [1.165, 1.54) is 16.2 Å². The van der Waals surface area contributed by atoms with Gasteiger partial charge in [0.05, 0.1) is 38.8 Å². The molecule has 11 nitrogen and oxygen atoms in total. The molecule has 0 fully saturated rings. The number of methoxy groups -OCH3 is 1. The minimum absolute atomic E-state index is 0. The number of non-ortho nitro benzene ring substituents is 2. The Morgan fingerprint density at radius 3 is 2.18 bits per heavy atom. The Kier molecular flexibility index (Phi) is 9.24. The summed E-state index contributed by atoms with van der Waals surface area (Å²) in [6, 6.07) is 8.28. The third-order valence-electron chi connectivity index (χ3n) is 5.17. The van der Waals surface area contributed by atoms with Gasteiger partial charge in [-0.3, -0.25) is 29.9 Å². The molecule has 0 saturated carbocycles. The van der Waals surface area contributed by atoms with Crippen LogP contribution in [0.5, 0.6) is 5.75 Å². The normalized spacial score (nSPS) is 10.7. The van der Waals surface area contributed by atoms with Gasteiger partial charge in [0.2, 0.25) is 0 Å². The first kappa shape index (κ1) is 26.9. The number of amides is 1. The van der Waals surface area contributed by atoms with Gasteiger partial charge in [0.25, 0.3) is 17.3 Å². The van der Waals surface area contributed by atoms with E-state index in [0.717, 1.165) is 36.0 Å². The van der Waals surface area contributed by atoms with Crippen molar-refractivity contribution in [3.63, 3.8) is 0 Å². The van der Waals surface area contributed by atoms with E-state index in [9.17, 15) is 25.0 Å². The van der Waals surface area contributed by atoms with E-state index in [-0.39, 0.29) is 24.5 Å². The molecule has 0 spiro atoms. The molecule has 0 aliphatic rings. The van der Waals surface area contributed by atoms with Gasteiger partial charge in [-0.15, -0.1) is 12.4 Å². The molecular weight excluding hydrogens is 486 g/mol. The third kappa shape index (κ3) is 5.95. The molecule has 0 atom stereocenters. The standard InChI is InChI=1S/C21H23N5O6S.ClH/c1-4-23(5-2)8-9-24(21-22-18-7-6-17(32-3)13-19(18)33-21)20(27)14-10-15(25(28)29)12-16(11-14)26(30)31;/h6-7,10-13H,4-5,8-9H2,1-3H3;1H. The van der Waals surface area contributed by atoms with E-state index >= 15 is 0 Å². The SMILES string of the molecule is CCN(CC)CCN(C(=O)c1cc([N+](=O)[O-])cc([N+](=O)[O-])c1)c1nc2ccc(OC)cc2s1.Cl. The van der Waals surface area contributed by atoms with Gasteiger partial charge in [-0.05, 0) is 31.3 Å². The molecule has 182 valence electrons. The van der Waals surface area contributed by atoms with Gasteiger partial charge < -0.3 is 9.64 Å². The maximum atomic E-state index is 13.5. The van der Waals surface area contributed by atoms with Crippen molar-refractivity contribution in [2.24, 2.45) is 0 Å². The maximum Gasteiger partial charge on any atom is 0.277 e. The first-order valence-electron chi connectivity index (χ1n) is 10.2. The predicted octanol–water partition coefficient (Wildman–Crippen LogP) is 4.53. The molecule has 0 aliphatic heterocycles. The zero-order chi connectivity index (χ0) is 24.1. The summed E-state index contributed by atoms with van der Waals surface area (Å²) in [7, 11) is 1.55. The molecule has 3 rings (SSSR count). The monoisotopic (exact) mass is 509 g/mol. The van der Waals surface area contributed by atoms with Crippen LogP contribution in [0.1, 0.15) is 24.2 Å².